The molecule has 6 nitrogen and oxygen atoms in total. The molecule has 1 aromatic rings. The van der Waals surface area contributed by atoms with Crippen molar-refractivity contribution in [1.29, 1.82) is 0 Å². The van der Waals surface area contributed by atoms with Gasteiger partial charge >= 0.3 is 0 Å². The topological polar surface area (TPSA) is 71.5 Å². The Balaban J connectivity index is 2.07. The van der Waals surface area contributed by atoms with E-state index in [1.807, 2.05) is 20.8 Å². The Morgan fingerprint density at radius 3 is 2.87 bits per heavy atom. The number of rotatable bonds is 4. The summed E-state index contributed by atoms with van der Waals surface area (Å²) in [7, 11) is 1.54. The Bertz CT molecular complexity index is 586. The van der Waals surface area contributed by atoms with Crippen molar-refractivity contribution in [3.8, 4) is 5.75 Å². The third-order valence-corrected chi connectivity index (χ3v) is 4.46. The predicted octanol–water partition coefficient (Wildman–Crippen LogP) is 2.37. The SMILES string of the molecule is COc1ccncc1NC(=O)[C@H]1CSCN1C(=O)CC(C)(C)C. The van der Waals surface area contributed by atoms with Gasteiger partial charge in [0.05, 0.1) is 19.2 Å². The van der Waals surface area contributed by atoms with E-state index in [1.165, 1.54) is 7.11 Å². The lowest BCUT2D eigenvalue weighted by Crippen LogP contribution is -2.45. The van der Waals surface area contributed by atoms with Gasteiger partial charge in [-0.05, 0) is 5.41 Å². The minimum absolute atomic E-state index is 0.0146. The van der Waals surface area contributed by atoms with Crippen LogP contribution in [0.5, 0.6) is 5.75 Å². The maximum absolute atomic E-state index is 12.6. The summed E-state index contributed by atoms with van der Waals surface area (Å²) in [6, 6.07) is 1.22. The standard InChI is InChI=1S/C16H23N3O3S/c1-16(2,3)7-14(20)19-10-23-9-12(19)15(21)18-11-8-17-6-5-13(11)22-4/h5-6,8,12H,7,9-10H2,1-4H3,(H,18,21)/t12-/m1/s1. The Morgan fingerprint density at radius 1 is 1.48 bits per heavy atom. The van der Waals surface area contributed by atoms with Gasteiger partial charge < -0.3 is 15.0 Å². The van der Waals surface area contributed by atoms with E-state index in [4.69, 9.17) is 4.74 Å². The highest BCUT2D eigenvalue weighted by Crippen LogP contribution is 2.28. The third kappa shape index (κ3) is 4.60. The van der Waals surface area contributed by atoms with Gasteiger partial charge in [0.2, 0.25) is 11.8 Å². The van der Waals surface area contributed by atoms with Gasteiger partial charge in [0, 0.05) is 24.4 Å². The molecule has 2 heterocycles. The fourth-order valence-electron chi connectivity index (χ4n) is 2.33. The van der Waals surface area contributed by atoms with Crippen LogP contribution in [0.2, 0.25) is 0 Å². The zero-order valence-corrected chi connectivity index (χ0v) is 14.8. The Kier molecular flexibility index (Phi) is 5.51. The fraction of sp³-hybridized carbons (Fsp3) is 0.562. The van der Waals surface area contributed by atoms with Gasteiger partial charge in [-0.1, -0.05) is 20.8 Å². The molecule has 0 radical (unpaired) electrons. The van der Waals surface area contributed by atoms with Crippen molar-refractivity contribution in [3.63, 3.8) is 0 Å². The second-order valence-electron chi connectivity index (χ2n) is 6.68. The zero-order chi connectivity index (χ0) is 17.0. The van der Waals surface area contributed by atoms with E-state index in [-0.39, 0.29) is 17.2 Å². The average molecular weight is 337 g/mol. The molecule has 0 aliphatic carbocycles. The Morgan fingerprint density at radius 2 is 2.22 bits per heavy atom. The summed E-state index contributed by atoms with van der Waals surface area (Å²) in [5.41, 5.74) is 0.415. The predicted molar refractivity (Wildman–Crippen MR) is 91.4 cm³/mol. The lowest BCUT2D eigenvalue weighted by molar-refractivity contribution is -0.137. The quantitative estimate of drug-likeness (QED) is 0.913. The number of hydrogen-bond acceptors (Lipinski definition) is 5. The van der Waals surface area contributed by atoms with E-state index in [9.17, 15) is 9.59 Å². The summed E-state index contributed by atoms with van der Waals surface area (Å²) in [4.78, 5) is 30.7. The summed E-state index contributed by atoms with van der Waals surface area (Å²) in [5.74, 6) is 1.51. The molecule has 1 aliphatic rings. The zero-order valence-electron chi connectivity index (χ0n) is 14.0. The number of nitrogens with zero attached hydrogens (tertiary/aromatic N) is 2. The van der Waals surface area contributed by atoms with Crippen LogP contribution < -0.4 is 10.1 Å². The third-order valence-electron chi connectivity index (χ3n) is 3.45. The van der Waals surface area contributed by atoms with Gasteiger partial charge in [-0.2, -0.15) is 0 Å². The highest BCUT2D eigenvalue weighted by atomic mass is 32.2. The molecule has 2 rings (SSSR count). The largest absolute Gasteiger partial charge is 0.494 e. The van der Waals surface area contributed by atoms with Crippen LogP contribution in [0.4, 0.5) is 5.69 Å². The number of nitrogens with one attached hydrogen (secondary N) is 1. The van der Waals surface area contributed by atoms with Crippen molar-refractivity contribution in [2.75, 3.05) is 24.1 Å². The van der Waals surface area contributed by atoms with Crippen molar-refractivity contribution >= 4 is 29.3 Å². The molecule has 23 heavy (non-hydrogen) atoms. The molecule has 0 unspecified atom stereocenters. The van der Waals surface area contributed by atoms with E-state index in [0.717, 1.165) is 0 Å². The summed E-state index contributed by atoms with van der Waals surface area (Å²) in [5, 5.41) is 2.82. The number of carbonyl (C=O) groups excluding carboxylic acids is 2. The molecule has 1 saturated heterocycles. The Hall–Kier alpha value is -1.76. The number of anilines is 1. The summed E-state index contributed by atoms with van der Waals surface area (Å²) in [6.45, 7) is 6.05. The molecule has 1 aromatic heterocycles. The van der Waals surface area contributed by atoms with Gasteiger partial charge in [-0.25, -0.2) is 0 Å². The maximum atomic E-state index is 12.6. The highest BCUT2D eigenvalue weighted by molar-refractivity contribution is 7.99. The number of ether oxygens (including phenoxy) is 1. The summed E-state index contributed by atoms with van der Waals surface area (Å²) in [6.07, 6.45) is 3.56. The number of carbonyl (C=O) groups is 2. The fourth-order valence-corrected chi connectivity index (χ4v) is 3.51. The van der Waals surface area contributed by atoms with Gasteiger partial charge in [-0.3, -0.25) is 14.6 Å². The van der Waals surface area contributed by atoms with E-state index >= 15 is 0 Å². The van der Waals surface area contributed by atoms with Crippen LogP contribution >= 0.6 is 11.8 Å². The van der Waals surface area contributed by atoms with Crippen molar-refractivity contribution in [2.24, 2.45) is 5.41 Å². The average Bonchev–Trinajstić information content (AvgIpc) is 2.95. The minimum Gasteiger partial charge on any atom is -0.494 e. The van der Waals surface area contributed by atoms with Crippen molar-refractivity contribution in [1.82, 2.24) is 9.88 Å². The molecule has 1 aliphatic heterocycles. The molecule has 126 valence electrons. The molecule has 0 saturated carbocycles. The molecule has 0 spiro atoms. The second-order valence-corrected chi connectivity index (χ2v) is 7.68. The number of pyridine rings is 1. The number of thioether (sulfide) groups is 1. The number of aromatic nitrogens is 1. The van der Waals surface area contributed by atoms with Crippen LogP contribution in [-0.4, -0.2) is 46.5 Å². The molecule has 1 fully saturated rings. The van der Waals surface area contributed by atoms with E-state index in [1.54, 1.807) is 35.1 Å². The first-order valence-electron chi connectivity index (χ1n) is 7.48. The minimum atomic E-state index is -0.459. The van der Waals surface area contributed by atoms with Crippen molar-refractivity contribution < 1.29 is 14.3 Å². The molecule has 0 bridgehead atoms. The molecular formula is C16H23N3O3S. The van der Waals surface area contributed by atoms with Crippen LogP contribution in [0.25, 0.3) is 0 Å². The van der Waals surface area contributed by atoms with Crippen LogP contribution in [0, 0.1) is 5.41 Å². The first-order chi connectivity index (χ1) is 10.8. The number of amides is 2. The summed E-state index contributed by atoms with van der Waals surface area (Å²) < 4.78 is 5.21. The maximum Gasteiger partial charge on any atom is 0.248 e. The monoisotopic (exact) mass is 337 g/mol. The molecule has 1 atom stereocenters. The first kappa shape index (κ1) is 17.6. The molecule has 0 aromatic carbocycles. The second kappa shape index (κ2) is 7.21. The molecule has 7 heteroatoms. The van der Waals surface area contributed by atoms with Crippen molar-refractivity contribution in [2.45, 2.75) is 33.2 Å². The van der Waals surface area contributed by atoms with Gasteiger partial charge in [0.25, 0.3) is 0 Å². The smallest absolute Gasteiger partial charge is 0.248 e. The lowest BCUT2D eigenvalue weighted by Gasteiger charge is -2.27. The van der Waals surface area contributed by atoms with Crippen LogP contribution in [0.15, 0.2) is 18.5 Å². The number of hydrogen-bond donors (Lipinski definition) is 1. The highest BCUT2D eigenvalue weighted by Gasteiger charge is 2.36. The molecular weight excluding hydrogens is 314 g/mol. The van der Waals surface area contributed by atoms with Crippen LogP contribution in [-0.2, 0) is 9.59 Å². The first-order valence-corrected chi connectivity index (χ1v) is 8.63. The summed E-state index contributed by atoms with van der Waals surface area (Å²) >= 11 is 1.59. The lowest BCUT2D eigenvalue weighted by atomic mass is 9.91. The van der Waals surface area contributed by atoms with Crippen LogP contribution in [0.3, 0.4) is 0 Å². The van der Waals surface area contributed by atoms with E-state index in [2.05, 4.69) is 10.3 Å². The normalized spacial score (nSPS) is 17.9. The van der Waals surface area contributed by atoms with Crippen LogP contribution in [0.1, 0.15) is 27.2 Å². The van der Waals surface area contributed by atoms with E-state index in [0.29, 0.717) is 29.5 Å². The van der Waals surface area contributed by atoms with Gasteiger partial charge in [0.15, 0.2) is 0 Å². The Labute approximate surface area is 141 Å². The van der Waals surface area contributed by atoms with Crippen molar-refractivity contribution in [3.05, 3.63) is 18.5 Å². The molecule has 1 N–H and O–H groups in total. The van der Waals surface area contributed by atoms with Gasteiger partial charge in [-0.15, -0.1) is 11.8 Å². The molecule has 2 amide bonds. The van der Waals surface area contributed by atoms with Gasteiger partial charge in [0.1, 0.15) is 17.5 Å². The number of methoxy groups -OCH3 is 1. The van der Waals surface area contributed by atoms with E-state index < -0.39 is 6.04 Å².